The van der Waals surface area contributed by atoms with Gasteiger partial charge in [-0.1, -0.05) is 29.3 Å². The number of rotatable bonds is 5. The lowest BCUT2D eigenvalue weighted by Crippen LogP contribution is -2.49. The number of halogens is 3. The van der Waals surface area contributed by atoms with Gasteiger partial charge < -0.3 is 15.0 Å². The van der Waals surface area contributed by atoms with E-state index in [-0.39, 0.29) is 23.3 Å². The second-order valence-electron chi connectivity index (χ2n) is 6.49. The van der Waals surface area contributed by atoms with Crippen molar-refractivity contribution in [1.29, 1.82) is 0 Å². The van der Waals surface area contributed by atoms with Crippen LogP contribution in [0.1, 0.15) is 11.3 Å². The highest BCUT2D eigenvalue weighted by Crippen LogP contribution is 2.26. The number of aromatic nitrogens is 2. The molecule has 8 nitrogen and oxygen atoms in total. The molecule has 1 aliphatic rings. The Kier molecular flexibility index (Phi) is 6.17. The van der Waals surface area contributed by atoms with Crippen LogP contribution in [0, 0.1) is 22.9 Å². The number of carbonyl (C=O) groups excluding carboxylic acids is 1. The first kappa shape index (κ1) is 20.5. The molecule has 0 radical (unpaired) electrons. The molecule has 1 fully saturated rings. The third-order valence-corrected chi connectivity index (χ3v) is 5.54. The van der Waals surface area contributed by atoms with Crippen molar-refractivity contribution in [3.05, 3.63) is 55.4 Å². The Bertz CT molecular complexity index is 892. The molecular weight excluding hydrogens is 412 g/mol. The fourth-order valence-corrected chi connectivity index (χ4v) is 3.50. The van der Waals surface area contributed by atoms with Crippen LogP contribution in [-0.4, -0.2) is 56.6 Å². The van der Waals surface area contributed by atoms with E-state index in [9.17, 15) is 19.3 Å². The molecule has 0 atom stereocenters. The molecule has 2 aromatic rings. The Morgan fingerprint density at radius 3 is 2.54 bits per heavy atom. The van der Waals surface area contributed by atoms with Gasteiger partial charge in [-0.15, -0.1) is 0 Å². The smallest absolute Gasteiger partial charge is 0.358 e. The number of benzene rings is 1. The van der Waals surface area contributed by atoms with Crippen molar-refractivity contribution in [2.45, 2.75) is 20.0 Å². The van der Waals surface area contributed by atoms with E-state index in [4.69, 9.17) is 23.2 Å². The van der Waals surface area contributed by atoms with Gasteiger partial charge in [-0.25, -0.2) is 4.39 Å². The number of amides is 1. The summed E-state index contributed by atoms with van der Waals surface area (Å²) in [6.07, 6.45) is 0. The monoisotopic (exact) mass is 429 g/mol. The predicted molar refractivity (Wildman–Crippen MR) is 102 cm³/mol. The van der Waals surface area contributed by atoms with E-state index < -0.39 is 10.7 Å². The Morgan fingerprint density at radius 1 is 1.29 bits per heavy atom. The zero-order valence-electron chi connectivity index (χ0n) is 15.1. The highest BCUT2D eigenvalue weighted by Gasteiger charge is 2.28. The summed E-state index contributed by atoms with van der Waals surface area (Å²) < 4.78 is 15.2. The first-order valence-electron chi connectivity index (χ1n) is 8.58. The molecule has 0 bridgehead atoms. The van der Waals surface area contributed by atoms with Gasteiger partial charge in [0, 0.05) is 43.3 Å². The minimum Gasteiger partial charge on any atom is -0.358 e. The molecular formula is C17H18Cl2FN5O3. The summed E-state index contributed by atoms with van der Waals surface area (Å²) >= 11 is 12.0. The van der Waals surface area contributed by atoms with E-state index in [1.165, 1.54) is 10.7 Å². The largest absolute Gasteiger partial charge is 0.408 e. The highest BCUT2D eigenvalue weighted by molar-refractivity contribution is 6.33. The minimum absolute atomic E-state index is 0.0654. The van der Waals surface area contributed by atoms with Crippen molar-refractivity contribution < 1.29 is 14.1 Å². The maximum absolute atomic E-state index is 13.9. The fourth-order valence-electron chi connectivity index (χ4n) is 3.07. The van der Waals surface area contributed by atoms with Gasteiger partial charge in [0.15, 0.2) is 5.02 Å². The summed E-state index contributed by atoms with van der Waals surface area (Å²) in [6.45, 7) is 3.87. The van der Waals surface area contributed by atoms with Crippen LogP contribution in [0.15, 0.2) is 18.2 Å². The number of hydrogen-bond acceptors (Lipinski definition) is 5. The molecule has 150 valence electrons. The SMILES string of the molecule is Cc1c(Cl)c([N+](=O)[O-])nn1CC(=O)N1CCN(Cc2c(F)cccc2Cl)CC1. The van der Waals surface area contributed by atoms with Gasteiger partial charge in [-0.3, -0.25) is 9.69 Å². The van der Waals surface area contributed by atoms with Crippen LogP contribution in [0.3, 0.4) is 0 Å². The van der Waals surface area contributed by atoms with Crippen molar-refractivity contribution in [1.82, 2.24) is 19.6 Å². The summed E-state index contributed by atoms with van der Waals surface area (Å²) in [7, 11) is 0. The normalized spacial score (nSPS) is 15.1. The number of piperazine rings is 1. The molecule has 1 amide bonds. The third-order valence-electron chi connectivity index (χ3n) is 4.74. The molecule has 11 heteroatoms. The van der Waals surface area contributed by atoms with E-state index in [1.807, 2.05) is 4.90 Å². The summed E-state index contributed by atoms with van der Waals surface area (Å²) in [6, 6.07) is 4.58. The fraction of sp³-hybridized carbons (Fsp3) is 0.412. The predicted octanol–water partition coefficient (Wildman–Crippen LogP) is 2.89. The van der Waals surface area contributed by atoms with Crippen molar-refractivity contribution in [3.63, 3.8) is 0 Å². The Balaban J connectivity index is 1.59. The number of hydrogen-bond donors (Lipinski definition) is 0. The number of nitro groups is 1. The van der Waals surface area contributed by atoms with Crippen LogP contribution < -0.4 is 0 Å². The topological polar surface area (TPSA) is 84.5 Å². The minimum atomic E-state index is -0.678. The zero-order chi connectivity index (χ0) is 20.4. The van der Waals surface area contributed by atoms with Crippen LogP contribution in [0.4, 0.5) is 10.2 Å². The van der Waals surface area contributed by atoms with Crippen molar-refractivity contribution in [3.8, 4) is 0 Å². The van der Waals surface area contributed by atoms with Crippen LogP contribution in [-0.2, 0) is 17.9 Å². The van der Waals surface area contributed by atoms with Gasteiger partial charge in [0.05, 0.1) is 10.8 Å². The molecule has 0 unspecified atom stereocenters. The van der Waals surface area contributed by atoms with E-state index in [0.717, 1.165) is 0 Å². The second-order valence-corrected chi connectivity index (χ2v) is 7.28. The van der Waals surface area contributed by atoms with E-state index in [1.54, 1.807) is 24.0 Å². The van der Waals surface area contributed by atoms with Crippen molar-refractivity contribution in [2.75, 3.05) is 26.2 Å². The quantitative estimate of drug-likeness (QED) is 0.538. The van der Waals surface area contributed by atoms with Gasteiger partial charge >= 0.3 is 5.82 Å². The molecule has 1 aliphatic heterocycles. The van der Waals surface area contributed by atoms with Crippen molar-refractivity contribution >= 4 is 34.9 Å². The molecule has 3 rings (SSSR count). The lowest BCUT2D eigenvalue weighted by atomic mass is 10.2. The van der Waals surface area contributed by atoms with Crippen LogP contribution in [0.25, 0.3) is 0 Å². The highest BCUT2D eigenvalue weighted by atomic mass is 35.5. The Morgan fingerprint density at radius 2 is 1.96 bits per heavy atom. The van der Waals surface area contributed by atoms with Crippen LogP contribution in [0.2, 0.25) is 10.0 Å². The number of carbonyl (C=O) groups is 1. The lowest BCUT2D eigenvalue weighted by Gasteiger charge is -2.34. The van der Waals surface area contributed by atoms with Gasteiger partial charge in [-0.05, 0) is 24.0 Å². The summed E-state index contributed by atoms with van der Waals surface area (Å²) in [5, 5.41) is 15.0. The Hall–Kier alpha value is -2.23. The van der Waals surface area contributed by atoms with Crippen LogP contribution in [0.5, 0.6) is 0 Å². The van der Waals surface area contributed by atoms with Crippen LogP contribution >= 0.6 is 23.2 Å². The Labute approximate surface area is 170 Å². The molecule has 1 aromatic heterocycles. The molecule has 28 heavy (non-hydrogen) atoms. The summed E-state index contributed by atoms with van der Waals surface area (Å²) in [5.74, 6) is -1.02. The molecule has 2 heterocycles. The first-order valence-corrected chi connectivity index (χ1v) is 9.34. The third kappa shape index (κ3) is 4.26. The molecule has 0 aliphatic carbocycles. The van der Waals surface area contributed by atoms with E-state index in [2.05, 4.69) is 5.10 Å². The lowest BCUT2D eigenvalue weighted by molar-refractivity contribution is -0.389. The van der Waals surface area contributed by atoms with Gasteiger partial charge in [0.25, 0.3) is 0 Å². The van der Waals surface area contributed by atoms with Gasteiger partial charge in [0.1, 0.15) is 12.4 Å². The average Bonchev–Trinajstić information content (AvgIpc) is 2.94. The summed E-state index contributed by atoms with van der Waals surface area (Å²) in [4.78, 5) is 26.5. The standard InChI is InChI=1S/C17H18Cl2FN5O3/c1-11-16(19)17(25(27)28)21-24(11)10-15(26)23-7-5-22(6-8-23)9-12-13(18)3-2-4-14(12)20/h2-4H,5-10H2,1H3. The van der Waals surface area contributed by atoms with E-state index >= 15 is 0 Å². The second kappa shape index (κ2) is 8.42. The molecule has 0 saturated carbocycles. The first-order chi connectivity index (χ1) is 13.3. The summed E-state index contributed by atoms with van der Waals surface area (Å²) in [5.41, 5.74) is 0.813. The van der Waals surface area contributed by atoms with E-state index in [0.29, 0.717) is 49.0 Å². The molecule has 1 saturated heterocycles. The maximum Gasteiger partial charge on any atom is 0.408 e. The average molecular weight is 430 g/mol. The molecule has 0 spiro atoms. The molecule has 0 N–H and O–H groups in total. The maximum atomic E-state index is 13.9. The van der Waals surface area contributed by atoms with Gasteiger partial charge in [0.2, 0.25) is 5.91 Å². The van der Waals surface area contributed by atoms with Gasteiger partial charge in [-0.2, -0.15) is 4.68 Å². The van der Waals surface area contributed by atoms with Crippen molar-refractivity contribution in [2.24, 2.45) is 0 Å². The zero-order valence-corrected chi connectivity index (χ0v) is 16.6. The number of nitrogens with zero attached hydrogens (tertiary/aromatic N) is 5. The molecule has 1 aromatic carbocycles.